The average molecular weight is 479 g/mol. The van der Waals surface area contributed by atoms with Gasteiger partial charge in [0.1, 0.15) is 5.82 Å². The van der Waals surface area contributed by atoms with Crippen LogP contribution in [-0.2, 0) is 6.18 Å². The molecule has 0 aliphatic heterocycles. The first-order chi connectivity index (χ1) is 16.7. The molecule has 0 saturated heterocycles. The molecule has 5 rings (SSSR count). The van der Waals surface area contributed by atoms with Crippen LogP contribution in [0.1, 0.15) is 21.5 Å². The Labute approximate surface area is 196 Å². The van der Waals surface area contributed by atoms with Crippen molar-refractivity contribution in [3.63, 3.8) is 0 Å². The Kier molecular flexibility index (Phi) is 5.35. The normalized spacial score (nSPS) is 11.7. The number of anilines is 1. The van der Waals surface area contributed by atoms with Crippen molar-refractivity contribution < 1.29 is 22.4 Å². The Morgan fingerprint density at radius 1 is 1.03 bits per heavy atom. The predicted molar refractivity (Wildman–Crippen MR) is 122 cm³/mol. The van der Waals surface area contributed by atoms with Gasteiger partial charge in [0.05, 0.1) is 23.1 Å². The zero-order valence-corrected chi connectivity index (χ0v) is 18.2. The van der Waals surface area contributed by atoms with E-state index in [-0.39, 0.29) is 5.56 Å². The highest BCUT2D eigenvalue weighted by Gasteiger charge is 2.34. The fourth-order valence-electron chi connectivity index (χ4n) is 3.82. The smallest absolute Gasteiger partial charge is 0.322 e. The molecule has 0 aliphatic rings. The van der Waals surface area contributed by atoms with E-state index in [9.17, 15) is 22.4 Å². The largest absolute Gasteiger partial charge is 0.419 e. The average Bonchev–Trinajstić information content (AvgIpc) is 3.43. The number of carbonyl (C=O) groups is 1. The van der Waals surface area contributed by atoms with E-state index in [1.165, 1.54) is 0 Å². The number of nitrogens with zero attached hydrogens (tertiary/aromatic N) is 4. The van der Waals surface area contributed by atoms with Gasteiger partial charge in [-0.1, -0.05) is 6.07 Å². The summed E-state index contributed by atoms with van der Waals surface area (Å²) < 4.78 is 56.5. The van der Waals surface area contributed by atoms with Gasteiger partial charge in [0.25, 0.3) is 5.91 Å². The van der Waals surface area contributed by atoms with E-state index in [1.807, 2.05) is 40.5 Å². The number of rotatable bonds is 4. The summed E-state index contributed by atoms with van der Waals surface area (Å²) in [4.78, 5) is 21.3. The second kappa shape index (κ2) is 8.39. The predicted octanol–water partition coefficient (Wildman–Crippen LogP) is 5.91. The van der Waals surface area contributed by atoms with Crippen LogP contribution in [0.3, 0.4) is 0 Å². The number of pyridine rings is 1. The number of alkyl halides is 3. The first-order valence-electron chi connectivity index (χ1n) is 10.5. The van der Waals surface area contributed by atoms with Crippen LogP contribution in [-0.4, -0.2) is 25.1 Å². The van der Waals surface area contributed by atoms with Crippen molar-refractivity contribution in [3.8, 4) is 16.9 Å². The molecule has 0 aliphatic carbocycles. The summed E-state index contributed by atoms with van der Waals surface area (Å²) in [6.07, 6.45) is 2.05. The van der Waals surface area contributed by atoms with Gasteiger partial charge >= 0.3 is 6.18 Å². The molecule has 10 heteroatoms. The maximum absolute atomic E-state index is 13.6. The summed E-state index contributed by atoms with van der Waals surface area (Å²) in [5.41, 5.74) is 2.52. The second-order valence-corrected chi connectivity index (χ2v) is 7.86. The molecule has 35 heavy (non-hydrogen) atoms. The number of halogens is 4. The minimum Gasteiger partial charge on any atom is -0.322 e. The van der Waals surface area contributed by atoms with Gasteiger partial charge in [-0.05, 0) is 55.0 Å². The summed E-state index contributed by atoms with van der Waals surface area (Å²) in [5, 5.41) is 2.60. The van der Waals surface area contributed by atoms with Crippen LogP contribution in [0.5, 0.6) is 0 Å². The van der Waals surface area contributed by atoms with Crippen LogP contribution in [0.15, 0.2) is 79.4 Å². The van der Waals surface area contributed by atoms with E-state index in [2.05, 4.69) is 15.3 Å². The summed E-state index contributed by atoms with van der Waals surface area (Å²) in [7, 11) is 0. The third-order valence-electron chi connectivity index (χ3n) is 5.55. The van der Waals surface area contributed by atoms with Gasteiger partial charge in [-0.15, -0.1) is 0 Å². The Bertz CT molecular complexity index is 1550. The van der Waals surface area contributed by atoms with Crippen molar-refractivity contribution in [1.29, 1.82) is 0 Å². The van der Waals surface area contributed by atoms with E-state index < -0.39 is 23.5 Å². The lowest BCUT2D eigenvalue weighted by atomic mass is 10.1. The molecule has 2 aromatic carbocycles. The molecular formula is C25H17F4N5O. The van der Waals surface area contributed by atoms with Crippen molar-refractivity contribution >= 4 is 17.2 Å². The molecule has 0 bridgehead atoms. The van der Waals surface area contributed by atoms with Crippen molar-refractivity contribution in [2.75, 3.05) is 5.32 Å². The zero-order chi connectivity index (χ0) is 24.7. The maximum Gasteiger partial charge on any atom is 0.419 e. The third kappa shape index (κ3) is 4.14. The topological polar surface area (TPSA) is 64.2 Å². The quantitative estimate of drug-likeness (QED) is 0.326. The van der Waals surface area contributed by atoms with Crippen LogP contribution >= 0.6 is 0 Å². The number of carbonyl (C=O) groups excluding carboxylic acids is 1. The number of fused-ring (bicyclic) bond motifs is 1. The number of aryl methyl sites for hydroxylation is 1. The molecule has 3 aromatic heterocycles. The van der Waals surface area contributed by atoms with E-state index in [1.54, 1.807) is 36.8 Å². The van der Waals surface area contributed by atoms with Gasteiger partial charge in [-0.25, -0.2) is 13.9 Å². The maximum atomic E-state index is 13.6. The number of aromatic nitrogens is 4. The fraction of sp³-hybridized carbons (Fsp3) is 0.0800. The SMILES string of the molecule is Cc1ccc(NC(=O)c2ccc(F)c(C(F)(F)F)c2)cc1-n1ccc2ncc(-c3cccnc3)n21. The molecule has 0 radical (unpaired) electrons. The molecule has 0 spiro atoms. The molecule has 1 amide bonds. The van der Waals surface area contributed by atoms with Gasteiger partial charge in [0.15, 0.2) is 5.65 Å². The fourth-order valence-corrected chi connectivity index (χ4v) is 3.82. The minimum atomic E-state index is -4.91. The lowest BCUT2D eigenvalue weighted by Gasteiger charge is -2.14. The lowest BCUT2D eigenvalue weighted by Crippen LogP contribution is -2.15. The molecule has 0 fully saturated rings. The van der Waals surface area contributed by atoms with E-state index >= 15 is 0 Å². The van der Waals surface area contributed by atoms with Gasteiger partial charge in [-0.3, -0.25) is 14.5 Å². The first kappa shape index (κ1) is 22.3. The Hall–Kier alpha value is -4.47. The lowest BCUT2D eigenvalue weighted by molar-refractivity contribution is -0.140. The van der Waals surface area contributed by atoms with Crippen LogP contribution in [0.4, 0.5) is 23.2 Å². The minimum absolute atomic E-state index is 0.308. The van der Waals surface area contributed by atoms with Crippen molar-refractivity contribution in [2.24, 2.45) is 0 Å². The number of benzene rings is 2. The molecule has 6 nitrogen and oxygen atoms in total. The summed E-state index contributed by atoms with van der Waals surface area (Å²) >= 11 is 0. The van der Waals surface area contributed by atoms with Crippen molar-refractivity contribution in [1.82, 2.24) is 19.2 Å². The summed E-state index contributed by atoms with van der Waals surface area (Å²) in [5.74, 6) is -2.23. The Balaban J connectivity index is 1.51. The van der Waals surface area contributed by atoms with Crippen LogP contribution in [0.25, 0.3) is 22.6 Å². The first-order valence-corrected chi connectivity index (χ1v) is 10.5. The van der Waals surface area contributed by atoms with Crippen LogP contribution in [0, 0.1) is 12.7 Å². The second-order valence-electron chi connectivity index (χ2n) is 7.86. The van der Waals surface area contributed by atoms with E-state index in [0.29, 0.717) is 23.5 Å². The standard InChI is InChI=1S/C25H17F4N5O/c1-15-4-6-18(32-24(35)16-5-7-20(26)19(11-16)25(27,28)29)12-21(15)33-10-8-23-31-14-22(34(23)33)17-3-2-9-30-13-17/h2-14H,1H3,(H,32,35). The summed E-state index contributed by atoms with van der Waals surface area (Å²) in [6, 6.07) is 12.8. The molecule has 5 aromatic rings. The highest BCUT2D eigenvalue weighted by molar-refractivity contribution is 6.04. The van der Waals surface area contributed by atoms with Gasteiger partial charge in [0, 0.05) is 41.5 Å². The third-order valence-corrected chi connectivity index (χ3v) is 5.55. The van der Waals surface area contributed by atoms with Gasteiger partial charge < -0.3 is 5.32 Å². The van der Waals surface area contributed by atoms with Gasteiger partial charge in [-0.2, -0.15) is 13.2 Å². The van der Waals surface area contributed by atoms with Crippen molar-refractivity contribution in [3.05, 3.63) is 102 Å². The highest BCUT2D eigenvalue weighted by Crippen LogP contribution is 2.32. The molecule has 0 saturated carbocycles. The van der Waals surface area contributed by atoms with Crippen LogP contribution < -0.4 is 5.32 Å². The van der Waals surface area contributed by atoms with Gasteiger partial charge in [0.2, 0.25) is 0 Å². The van der Waals surface area contributed by atoms with Crippen molar-refractivity contribution in [2.45, 2.75) is 13.1 Å². The number of nitrogens with one attached hydrogen (secondary N) is 1. The molecule has 0 unspecified atom stereocenters. The summed E-state index contributed by atoms with van der Waals surface area (Å²) in [6.45, 7) is 1.89. The molecule has 1 N–H and O–H groups in total. The number of imidazole rings is 1. The monoisotopic (exact) mass is 479 g/mol. The van der Waals surface area contributed by atoms with Crippen LogP contribution in [0.2, 0.25) is 0 Å². The number of amides is 1. The highest BCUT2D eigenvalue weighted by atomic mass is 19.4. The molecule has 176 valence electrons. The molecule has 0 atom stereocenters. The van der Waals surface area contributed by atoms with E-state index in [4.69, 9.17) is 0 Å². The zero-order valence-electron chi connectivity index (χ0n) is 18.2. The van der Waals surface area contributed by atoms with E-state index in [0.717, 1.165) is 28.6 Å². The Morgan fingerprint density at radius 3 is 2.60 bits per heavy atom. The number of hydrogen-bond acceptors (Lipinski definition) is 3. The number of hydrogen-bond donors (Lipinski definition) is 1. The Morgan fingerprint density at radius 2 is 1.86 bits per heavy atom. The molecular weight excluding hydrogens is 462 g/mol. The molecule has 3 heterocycles.